The molecule has 0 atom stereocenters. The molecule has 1 aromatic carbocycles. The third-order valence-corrected chi connectivity index (χ3v) is 4.19. The van der Waals surface area contributed by atoms with Crippen molar-refractivity contribution in [3.8, 4) is 11.5 Å². The van der Waals surface area contributed by atoms with Gasteiger partial charge in [0.1, 0.15) is 11.3 Å². The van der Waals surface area contributed by atoms with Gasteiger partial charge in [0.05, 0.1) is 7.11 Å². The first-order valence-corrected chi connectivity index (χ1v) is 7.97. The highest BCUT2D eigenvalue weighted by Gasteiger charge is 2.20. The average Bonchev–Trinajstić information content (AvgIpc) is 3.00. The molecule has 0 bridgehead atoms. The van der Waals surface area contributed by atoms with Gasteiger partial charge in [0.25, 0.3) is 0 Å². The maximum atomic E-state index is 12.7. The number of methoxy groups -OCH3 is 1. The molecule has 0 aliphatic heterocycles. The molecule has 0 radical (unpaired) electrons. The van der Waals surface area contributed by atoms with Gasteiger partial charge in [0.15, 0.2) is 11.4 Å². The smallest absolute Gasteiger partial charge is 0.364 e. The SMILES string of the molecule is COc1cc2ccccn2c1C(=O)Oc1ccc2c(C)cc(=O)oc2c1. The van der Waals surface area contributed by atoms with Crippen molar-refractivity contribution < 1.29 is 18.7 Å². The minimum absolute atomic E-state index is 0.282. The second-order valence-electron chi connectivity index (χ2n) is 5.85. The van der Waals surface area contributed by atoms with Gasteiger partial charge in [-0.1, -0.05) is 6.07 Å². The van der Waals surface area contributed by atoms with Gasteiger partial charge in [-0.3, -0.25) is 0 Å². The Morgan fingerprint density at radius 3 is 2.77 bits per heavy atom. The largest absolute Gasteiger partial charge is 0.494 e. The summed E-state index contributed by atoms with van der Waals surface area (Å²) in [6, 6.07) is 13.7. The molecule has 0 amide bonds. The number of fused-ring (bicyclic) bond motifs is 2. The fourth-order valence-electron chi connectivity index (χ4n) is 2.98. The number of pyridine rings is 1. The van der Waals surface area contributed by atoms with Crippen molar-refractivity contribution in [2.24, 2.45) is 0 Å². The van der Waals surface area contributed by atoms with E-state index in [1.807, 2.05) is 25.1 Å². The van der Waals surface area contributed by atoms with Crippen LogP contribution in [0.3, 0.4) is 0 Å². The van der Waals surface area contributed by atoms with Crippen LogP contribution in [0.1, 0.15) is 16.1 Å². The molecule has 4 aromatic rings. The second kappa shape index (κ2) is 6.07. The van der Waals surface area contributed by atoms with Gasteiger partial charge in [-0.15, -0.1) is 0 Å². The number of aryl methyl sites for hydroxylation is 1. The van der Waals surface area contributed by atoms with Crippen LogP contribution in [-0.2, 0) is 0 Å². The molecule has 0 unspecified atom stereocenters. The highest BCUT2D eigenvalue weighted by molar-refractivity contribution is 5.95. The van der Waals surface area contributed by atoms with Crippen molar-refractivity contribution in [3.63, 3.8) is 0 Å². The molecule has 6 heteroatoms. The van der Waals surface area contributed by atoms with Gasteiger partial charge in [-0.25, -0.2) is 9.59 Å². The summed E-state index contributed by atoms with van der Waals surface area (Å²) in [7, 11) is 1.50. The Balaban J connectivity index is 1.75. The first kappa shape index (κ1) is 16.0. The van der Waals surface area contributed by atoms with Crippen LogP contribution in [-0.4, -0.2) is 17.5 Å². The van der Waals surface area contributed by atoms with Crippen molar-refractivity contribution in [1.29, 1.82) is 0 Å². The summed E-state index contributed by atoms with van der Waals surface area (Å²) in [5, 5.41) is 0.787. The zero-order chi connectivity index (χ0) is 18.3. The van der Waals surface area contributed by atoms with Gasteiger partial charge >= 0.3 is 11.6 Å². The molecule has 0 N–H and O–H groups in total. The topological polar surface area (TPSA) is 70.2 Å². The number of hydrogen-bond acceptors (Lipinski definition) is 5. The summed E-state index contributed by atoms with van der Waals surface area (Å²) in [4.78, 5) is 24.3. The van der Waals surface area contributed by atoms with E-state index in [9.17, 15) is 9.59 Å². The zero-order valence-corrected chi connectivity index (χ0v) is 14.2. The molecule has 0 aliphatic carbocycles. The van der Waals surface area contributed by atoms with Crippen LogP contribution in [0.4, 0.5) is 0 Å². The van der Waals surface area contributed by atoms with Gasteiger partial charge in [-0.05, 0) is 36.8 Å². The first-order valence-electron chi connectivity index (χ1n) is 7.97. The van der Waals surface area contributed by atoms with E-state index in [4.69, 9.17) is 13.9 Å². The number of carbonyl (C=O) groups is 1. The van der Waals surface area contributed by atoms with E-state index in [1.165, 1.54) is 19.2 Å². The quantitative estimate of drug-likeness (QED) is 0.321. The fourth-order valence-corrected chi connectivity index (χ4v) is 2.98. The normalized spacial score (nSPS) is 11.0. The first-order chi connectivity index (χ1) is 12.6. The van der Waals surface area contributed by atoms with E-state index in [0.29, 0.717) is 11.3 Å². The lowest BCUT2D eigenvalue weighted by molar-refractivity contribution is 0.0724. The molecule has 130 valence electrons. The molecule has 3 aromatic heterocycles. The summed E-state index contributed by atoms with van der Waals surface area (Å²) in [6.07, 6.45) is 1.76. The minimum Gasteiger partial charge on any atom is -0.494 e. The highest BCUT2D eigenvalue weighted by atomic mass is 16.5. The number of nitrogens with zero attached hydrogens (tertiary/aromatic N) is 1. The zero-order valence-electron chi connectivity index (χ0n) is 14.2. The molecular weight excluding hydrogens is 334 g/mol. The Hall–Kier alpha value is -3.54. The summed E-state index contributed by atoms with van der Waals surface area (Å²) < 4.78 is 17.7. The van der Waals surface area contributed by atoms with Crippen LogP contribution in [0.5, 0.6) is 11.5 Å². The highest BCUT2D eigenvalue weighted by Crippen LogP contribution is 2.27. The lowest BCUT2D eigenvalue weighted by atomic mass is 10.1. The van der Waals surface area contributed by atoms with Crippen molar-refractivity contribution >= 4 is 22.5 Å². The summed E-state index contributed by atoms with van der Waals surface area (Å²) in [6.45, 7) is 1.82. The molecule has 6 nitrogen and oxygen atoms in total. The van der Waals surface area contributed by atoms with E-state index in [0.717, 1.165) is 16.5 Å². The van der Waals surface area contributed by atoms with Crippen LogP contribution in [0, 0.1) is 6.92 Å². The van der Waals surface area contributed by atoms with E-state index < -0.39 is 11.6 Å². The number of carbonyl (C=O) groups excluding carboxylic acids is 1. The van der Waals surface area contributed by atoms with Crippen molar-refractivity contribution in [2.45, 2.75) is 6.92 Å². The van der Waals surface area contributed by atoms with Crippen LogP contribution >= 0.6 is 0 Å². The Kier molecular flexibility index (Phi) is 3.73. The van der Waals surface area contributed by atoms with Gasteiger partial charge in [-0.2, -0.15) is 0 Å². The third-order valence-electron chi connectivity index (χ3n) is 4.19. The van der Waals surface area contributed by atoms with Gasteiger partial charge < -0.3 is 18.3 Å². The van der Waals surface area contributed by atoms with E-state index in [-0.39, 0.29) is 11.4 Å². The van der Waals surface area contributed by atoms with Crippen LogP contribution < -0.4 is 15.1 Å². The summed E-state index contributed by atoms with van der Waals surface area (Å²) in [5.41, 5.74) is 1.82. The maximum absolute atomic E-state index is 12.7. The standard InChI is InChI=1S/C20H15NO5/c1-12-9-18(22)26-16-11-14(6-7-15(12)16)25-20(23)19-17(24-2)10-13-5-3-4-8-21(13)19/h3-11H,1-2H3. The second-order valence-corrected chi connectivity index (χ2v) is 5.85. The molecule has 0 fully saturated rings. The van der Waals surface area contributed by atoms with Crippen LogP contribution in [0.2, 0.25) is 0 Å². The predicted molar refractivity (Wildman–Crippen MR) is 96.1 cm³/mol. The predicted octanol–water partition coefficient (Wildman–Crippen LogP) is 3.58. The maximum Gasteiger partial charge on any atom is 0.364 e. The molecule has 0 saturated heterocycles. The molecule has 0 saturated carbocycles. The Labute approximate surface area is 148 Å². The molecular formula is C20H15NO5. The van der Waals surface area contributed by atoms with E-state index >= 15 is 0 Å². The summed E-state index contributed by atoms with van der Waals surface area (Å²) >= 11 is 0. The molecule has 0 spiro atoms. The molecule has 0 aliphatic rings. The molecule has 4 rings (SSSR count). The molecule has 26 heavy (non-hydrogen) atoms. The number of ether oxygens (including phenoxy) is 2. The van der Waals surface area contributed by atoms with Gasteiger partial charge in [0.2, 0.25) is 0 Å². The average molecular weight is 349 g/mol. The third kappa shape index (κ3) is 2.61. The fraction of sp³-hybridized carbons (Fsp3) is 0.100. The van der Waals surface area contributed by atoms with Crippen molar-refractivity contribution in [2.75, 3.05) is 7.11 Å². The Morgan fingerprint density at radius 1 is 1.12 bits per heavy atom. The van der Waals surface area contributed by atoms with E-state index in [2.05, 4.69) is 0 Å². The number of esters is 1. The lowest BCUT2D eigenvalue weighted by Crippen LogP contribution is -2.12. The summed E-state index contributed by atoms with van der Waals surface area (Å²) in [5.74, 6) is 0.135. The van der Waals surface area contributed by atoms with Gasteiger partial charge in [0, 0.05) is 35.3 Å². The minimum atomic E-state index is -0.567. The van der Waals surface area contributed by atoms with Crippen LogP contribution in [0.25, 0.3) is 16.5 Å². The van der Waals surface area contributed by atoms with E-state index in [1.54, 1.807) is 28.8 Å². The number of aromatic nitrogens is 1. The van der Waals surface area contributed by atoms with Crippen LogP contribution in [0.15, 0.2) is 63.9 Å². The van der Waals surface area contributed by atoms with Crippen molar-refractivity contribution in [3.05, 3.63) is 76.4 Å². The number of hydrogen-bond donors (Lipinski definition) is 0. The molecule has 3 heterocycles. The Morgan fingerprint density at radius 2 is 1.96 bits per heavy atom. The van der Waals surface area contributed by atoms with Crippen molar-refractivity contribution in [1.82, 2.24) is 4.40 Å². The monoisotopic (exact) mass is 349 g/mol. The number of rotatable bonds is 3. The Bertz CT molecular complexity index is 1200. The number of benzene rings is 1. The lowest BCUT2D eigenvalue weighted by Gasteiger charge is -2.08.